The topological polar surface area (TPSA) is 28.7 Å². The number of hydrogen-bond donors (Lipinski definition) is 1. The van der Waals surface area contributed by atoms with Crippen LogP contribution in [0, 0.1) is 0 Å². The van der Waals surface area contributed by atoms with Crippen LogP contribution >= 0.6 is 15.9 Å². The molecule has 0 bridgehead atoms. The van der Waals surface area contributed by atoms with E-state index in [1.54, 1.807) is 0 Å². The van der Waals surface area contributed by atoms with Gasteiger partial charge in [-0.1, -0.05) is 22.4 Å². The van der Waals surface area contributed by atoms with Crippen LogP contribution in [0.25, 0.3) is 11.0 Å². The average Bonchev–Trinajstić information content (AvgIpc) is 2.43. The number of benzene rings is 1. The molecule has 0 atom stereocenters. The third-order valence-corrected chi connectivity index (χ3v) is 3.45. The Morgan fingerprint density at radius 1 is 1.36 bits per heavy atom. The molecule has 14 heavy (non-hydrogen) atoms. The largest absolute Gasteiger partial charge is 0.342 e. The van der Waals surface area contributed by atoms with E-state index in [9.17, 15) is 0 Å². The van der Waals surface area contributed by atoms with E-state index < -0.39 is 0 Å². The Labute approximate surface area is 90.9 Å². The third-order valence-electron chi connectivity index (χ3n) is 2.95. The second-order valence-electron chi connectivity index (χ2n) is 3.91. The zero-order chi connectivity index (χ0) is 9.54. The number of hydrogen-bond acceptors (Lipinski definition) is 1. The summed E-state index contributed by atoms with van der Waals surface area (Å²) in [7, 11) is 0. The first kappa shape index (κ1) is 8.48. The molecule has 1 aromatic heterocycles. The van der Waals surface area contributed by atoms with Crippen molar-refractivity contribution in [3.8, 4) is 0 Å². The van der Waals surface area contributed by atoms with E-state index in [0.29, 0.717) is 5.92 Å². The standard InChI is InChI=1S/C11H11BrN2/c12-8-4-5-9-10(6-8)14-11(13-9)7-2-1-3-7/h4-7H,1-3H2,(H,13,14). The lowest BCUT2D eigenvalue weighted by Gasteiger charge is -2.22. The highest BCUT2D eigenvalue weighted by molar-refractivity contribution is 9.10. The van der Waals surface area contributed by atoms with Crippen molar-refractivity contribution < 1.29 is 0 Å². The molecule has 0 spiro atoms. The predicted molar refractivity (Wildman–Crippen MR) is 60.4 cm³/mol. The highest BCUT2D eigenvalue weighted by Crippen LogP contribution is 2.35. The minimum Gasteiger partial charge on any atom is -0.342 e. The lowest BCUT2D eigenvalue weighted by molar-refractivity contribution is 0.405. The average molecular weight is 251 g/mol. The molecule has 1 heterocycles. The van der Waals surface area contributed by atoms with Crippen molar-refractivity contribution in [2.75, 3.05) is 0 Å². The SMILES string of the molecule is Brc1ccc2nc(C3CCC3)[nH]c2c1. The van der Waals surface area contributed by atoms with Gasteiger partial charge < -0.3 is 4.98 Å². The molecule has 1 saturated carbocycles. The van der Waals surface area contributed by atoms with Gasteiger partial charge in [0.25, 0.3) is 0 Å². The van der Waals surface area contributed by atoms with E-state index in [1.807, 2.05) is 6.07 Å². The van der Waals surface area contributed by atoms with E-state index in [1.165, 1.54) is 25.1 Å². The first-order chi connectivity index (χ1) is 6.83. The lowest BCUT2D eigenvalue weighted by Crippen LogP contribution is -2.10. The van der Waals surface area contributed by atoms with Crippen LogP contribution in [0.15, 0.2) is 22.7 Å². The van der Waals surface area contributed by atoms with Gasteiger partial charge in [0.1, 0.15) is 5.82 Å². The summed E-state index contributed by atoms with van der Waals surface area (Å²) in [6.45, 7) is 0. The molecule has 1 fully saturated rings. The van der Waals surface area contributed by atoms with Gasteiger partial charge in [-0.15, -0.1) is 0 Å². The second-order valence-corrected chi connectivity index (χ2v) is 4.83. The maximum absolute atomic E-state index is 4.60. The Balaban J connectivity index is 2.10. The van der Waals surface area contributed by atoms with E-state index in [0.717, 1.165) is 15.5 Å². The summed E-state index contributed by atoms with van der Waals surface area (Å²) < 4.78 is 1.11. The molecule has 1 aromatic carbocycles. The fourth-order valence-electron chi connectivity index (χ4n) is 1.88. The van der Waals surface area contributed by atoms with Crippen molar-refractivity contribution >= 4 is 27.0 Å². The first-order valence-electron chi connectivity index (χ1n) is 4.98. The summed E-state index contributed by atoms with van der Waals surface area (Å²) in [5, 5.41) is 0. The van der Waals surface area contributed by atoms with Crippen molar-refractivity contribution in [2.45, 2.75) is 25.2 Å². The monoisotopic (exact) mass is 250 g/mol. The number of rotatable bonds is 1. The van der Waals surface area contributed by atoms with Crippen LogP contribution in [0.3, 0.4) is 0 Å². The zero-order valence-electron chi connectivity index (χ0n) is 7.76. The number of H-pyrrole nitrogens is 1. The van der Waals surface area contributed by atoms with Crippen molar-refractivity contribution in [1.29, 1.82) is 0 Å². The van der Waals surface area contributed by atoms with E-state index in [-0.39, 0.29) is 0 Å². The van der Waals surface area contributed by atoms with Crippen LogP contribution in [0.5, 0.6) is 0 Å². The highest BCUT2D eigenvalue weighted by Gasteiger charge is 2.22. The van der Waals surface area contributed by atoms with Gasteiger partial charge in [-0.25, -0.2) is 4.98 Å². The Bertz CT molecular complexity index is 471. The van der Waals surface area contributed by atoms with Gasteiger partial charge in [-0.05, 0) is 31.0 Å². The summed E-state index contributed by atoms with van der Waals surface area (Å²) in [6, 6.07) is 6.18. The second kappa shape index (κ2) is 3.09. The van der Waals surface area contributed by atoms with Crippen LogP contribution in [-0.4, -0.2) is 9.97 Å². The predicted octanol–water partition coefficient (Wildman–Crippen LogP) is 3.59. The maximum atomic E-state index is 4.60. The molecule has 72 valence electrons. The number of aromatic nitrogens is 2. The Hall–Kier alpha value is -0.830. The maximum Gasteiger partial charge on any atom is 0.110 e. The number of aromatic amines is 1. The molecule has 1 aliphatic carbocycles. The summed E-state index contributed by atoms with van der Waals surface area (Å²) in [5.41, 5.74) is 2.22. The van der Waals surface area contributed by atoms with E-state index in [4.69, 9.17) is 0 Å². The van der Waals surface area contributed by atoms with E-state index >= 15 is 0 Å². The number of fused-ring (bicyclic) bond motifs is 1. The van der Waals surface area contributed by atoms with Crippen LogP contribution in [-0.2, 0) is 0 Å². The van der Waals surface area contributed by atoms with Gasteiger partial charge in [0, 0.05) is 10.4 Å². The van der Waals surface area contributed by atoms with Gasteiger partial charge in [0.05, 0.1) is 11.0 Å². The summed E-state index contributed by atoms with van der Waals surface area (Å²) in [6.07, 6.45) is 3.94. The molecule has 1 aliphatic rings. The number of nitrogens with one attached hydrogen (secondary N) is 1. The van der Waals surface area contributed by atoms with Gasteiger partial charge in [0.15, 0.2) is 0 Å². The molecule has 2 nitrogen and oxygen atoms in total. The third kappa shape index (κ3) is 1.27. The van der Waals surface area contributed by atoms with Gasteiger partial charge >= 0.3 is 0 Å². The molecule has 0 aliphatic heterocycles. The molecule has 1 N–H and O–H groups in total. The smallest absolute Gasteiger partial charge is 0.110 e. The molecule has 0 amide bonds. The Morgan fingerprint density at radius 3 is 2.93 bits per heavy atom. The molecule has 0 saturated heterocycles. The summed E-state index contributed by atoms with van der Waals surface area (Å²) in [4.78, 5) is 8.00. The molecule has 0 unspecified atom stereocenters. The van der Waals surface area contributed by atoms with Gasteiger partial charge in [-0.3, -0.25) is 0 Å². The zero-order valence-corrected chi connectivity index (χ0v) is 9.34. The van der Waals surface area contributed by atoms with Crippen molar-refractivity contribution in [1.82, 2.24) is 9.97 Å². The van der Waals surface area contributed by atoms with Gasteiger partial charge in [0.2, 0.25) is 0 Å². The summed E-state index contributed by atoms with van der Waals surface area (Å²) in [5.74, 6) is 1.85. The summed E-state index contributed by atoms with van der Waals surface area (Å²) >= 11 is 3.46. The van der Waals surface area contributed by atoms with Crippen molar-refractivity contribution in [2.24, 2.45) is 0 Å². The van der Waals surface area contributed by atoms with Crippen LogP contribution in [0.1, 0.15) is 31.0 Å². The normalized spacial score (nSPS) is 17.2. The highest BCUT2D eigenvalue weighted by atomic mass is 79.9. The number of halogens is 1. The quantitative estimate of drug-likeness (QED) is 0.824. The molecular weight excluding hydrogens is 240 g/mol. The van der Waals surface area contributed by atoms with Crippen molar-refractivity contribution in [3.05, 3.63) is 28.5 Å². The molecule has 0 radical (unpaired) electrons. The van der Waals surface area contributed by atoms with Crippen LogP contribution in [0.4, 0.5) is 0 Å². The van der Waals surface area contributed by atoms with Gasteiger partial charge in [-0.2, -0.15) is 0 Å². The first-order valence-corrected chi connectivity index (χ1v) is 5.77. The Kier molecular flexibility index (Phi) is 1.87. The van der Waals surface area contributed by atoms with E-state index in [2.05, 4.69) is 38.0 Å². The Morgan fingerprint density at radius 2 is 2.21 bits per heavy atom. The molecule has 2 aromatic rings. The molecule has 3 heteroatoms. The van der Waals surface area contributed by atoms with Crippen molar-refractivity contribution in [3.63, 3.8) is 0 Å². The number of nitrogens with zero attached hydrogens (tertiary/aromatic N) is 1. The minimum absolute atomic E-state index is 0.682. The molecule has 3 rings (SSSR count). The number of imidazole rings is 1. The minimum atomic E-state index is 0.682. The fourth-order valence-corrected chi connectivity index (χ4v) is 2.24. The molecular formula is C11H11BrN2. The van der Waals surface area contributed by atoms with Crippen LogP contribution < -0.4 is 0 Å². The lowest BCUT2D eigenvalue weighted by atomic mass is 9.85. The fraction of sp³-hybridized carbons (Fsp3) is 0.364. The van der Waals surface area contributed by atoms with Crippen LogP contribution in [0.2, 0.25) is 0 Å².